The second kappa shape index (κ2) is 7.68. The minimum absolute atomic E-state index is 0.131. The van der Waals surface area contributed by atoms with Gasteiger partial charge in [0, 0.05) is 17.2 Å². The molecule has 1 aromatic carbocycles. The zero-order valence-electron chi connectivity index (χ0n) is 15.3. The van der Waals surface area contributed by atoms with E-state index in [1.54, 1.807) is 11.8 Å². The van der Waals surface area contributed by atoms with Crippen molar-refractivity contribution in [1.82, 2.24) is 4.90 Å². The van der Waals surface area contributed by atoms with Gasteiger partial charge in [-0.05, 0) is 31.6 Å². The summed E-state index contributed by atoms with van der Waals surface area (Å²) >= 11 is 1.58. The molecule has 1 heterocycles. The van der Waals surface area contributed by atoms with E-state index in [-0.39, 0.29) is 12.6 Å². The van der Waals surface area contributed by atoms with Crippen LogP contribution in [0.3, 0.4) is 0 Å². The van der Waals surface area contributed by atoms with Crippen molar-refractivity contribution in [1.29, 1.82) is 0 Å². The Morgan fingerprint density at radius 1 is 1.28 bits per heavy atom. The van der Waals surface area contributed by atoms with Crippen LogP contribution in [0.4, 0.5) is 4.79 Å². The van der Waals surface area contributed by atoms with Crippen molar-refractivity contribution in [3.8, 4) is 0 Å². The number of ether oxygens (including phenoxy) is 1. The van der Waals surface area contributed by atoms with Crippen molar-refractivity contribution >= 4 is 23.8 Å². The van der Waals surface area contributed by atoms with Crippen LogP contribution in [-0.4, -0.2) is 45.2 Å². The number of amides is 1. The molecule has 1 unspecified atom stereocenters. The van der Waals surface area contributed by atoms with Crippen LogP contribution in [-0.2, 0) is 16.1 Å². The zero-order valence-corrected chi connectivity index (χ0v) is 16.1. The van der Waals surface area contributed by atoms with E-state index in [2.05, 4.69) is 0 Å². The molecule has 1 aliphatic heterocycles. The number of carbonyl (C=O) groups excluding carboxylic acids is 1. The molecular formula is C19H27NO4S. The van der Waals surface area contributed by atoms with Crippen LogP contribution in [0.15, 0.2) is 30.3 Å². The molecule has 0 saturated carbocycles. The van der Waals surface area contributed by atoms with Crippen molar-refractivity contribution in [2.75, 3.05) is 11.5 Å². The number of thioether (sulfide) groups is 1. The number of benzene rings is 1. The fraction of sp³-hybridized carbons (Fsp3) is 0.579. The number of aliphatic carboxylic acids is 1. The third-order valence-electron chi connectivity index (χ3n) is 4.99. The minimum atomic E-state index is -1.28. The van der Waals surface area contributed by atoms with Gasteiger partial charge in [-0.2, -0.15) is 11.8 Å². The lowest BCUT2D eigenvalue weighted by atomic mass is 9.69. The first-order valence-corrected chi connectivity index (χ1v) is 9.69. The van der Waals surface area contributed by atoms with E-state index in [1.165, 1.54) is 4.90 Å². The molecule has 1 aromatic rings. The van der Waals surface area contributed by atoms with Crippen LogP contribution in [0, 0.1) is 5.41 Å². The maximum Gasteiger partial charge on any atom is 0.411 e. The van der Waals surface area contributed by atoms with Crippen molar-refractivity contribution in [3.63, 3.8) is 0 Å². The molecule has 0 aromatic heterocycles. The molecule has 1 saturated heterocycles. The number of carbonyl (C=O) groups is 2. The molecule has 0 radical (unpaired) electrons. The Balaban J connectivity index is 2.30. The standard InChI is InChI=1S/C19H27NO4S/c1-14(2)20(17(23)24-12-15-8-6-5-7-9-15)19(16(21)22)13-25-11-10-18(19,3)4/h5-9,14H,10-13H2,1-4H3,(H,21,22). The van der Waals surface area contributed by atoms with Gasteiger partial charge in [0.1, 0.15) is 6.61 Å². The van der Waals surface area contributed by atoms with Crippen molar-refractivity contribution in [2.45, 2.75) is 52.3 Å². The summed E-state index contributed by atoms with van der Waals surface area (Å²) in [7, 11) is 0. The summed E-state index contributed by atoms with van der Waals surface area (Å²) in [6.45, 7) is 7.67. The number of carboxylic acid groups (broad SMARTS) is 1. The third kappa shape index (κ3) is 3.78. The highest BCUT2D eigenvalue weighted by atomic mass is 32.2. The van der Waals surface area contributed by atoms with E-state index < -0.39 is 23.0 Å². The molecule has 138 valence electrons. The van der Waals surface area contributed by atoms with Crippen LogP contribution in [0.25, 0.3) is 0 Å². The molecule has 1 fully saturated rings. The molecule has 1 aliphatic rings. The van der Waals surface area contributed by atoms with Crippen LogP contribution in [0.2, 0.25) is 0 Å². The predicted molar refractivity (Wildman–Crippen MR) is 99.7 cm³/mol. The highest BCUT2D eigenvalue weighted by molar-refractivity contribution is 7.99. The fourth-order valence-electron chi connectivity index (χ4n) is 3.40. The molecule has 5 nitrogen and oxygen atoms in total. The largest absolute Gasteiger partial charge is 0.479 e. The van der Waals surface area contributed by atoms with E-state index in [0.29, 0.717) is 5.75 Å². The first kappa shape index (κ1) is 19.6. The zero-order chi connectivity index (χ0) is 18.7. The van der Waals surface area contributed by atoms with Gasteiger partial charge in [0.15, 0.2) is 5.54 Å². The van der Waals surface area contributed by atoms with Gasteiger partial charge in [-0.15, -0.1) is 0 Å². The van der Waals surface area contributed by atoms with Gasteiger partial charge in [-0.3, -0.25) is 4.90 Å². The average Bonchev–Trinajstić information content (AvgIpc) is 2.55. The molecule has 0 bridgehead atoms. The highest BCUT2D eigenvalue weighted by Gasteiger charge is 2.59. The topological polar surface area (TPSA) is 66.8 Å². The smallest absolute Gasteiger partial charge is 0.411 e. The molecule has 1 atom stereocenters. The lowest BCUT2D eigenvalue weighted by Gasteiger charge is -2.53. The van der Waals surface area contributed by atoms with Gasteiger partial charge >= 0.3 is 12.1 Å². The van der Waals surface area contributed by atoms with Crippen molar-refractivity contribution < 1.29 is 19.4 Å². The van der Waals surface area contributed by atoms with E-state index in [4.69, 9.17) is 4.74 Å². The summed E-state index contributed by atoms with van der Waals surface area (Å²) in [5, 5.41) is 10.1. The van der Waals surface area contributed by atoms with Crippen molar-refractivity contribution in [3.05, 3.63) is 35.9 Å². The van der Waals surface area contributed by atoms with Crippen LogP contribution >= 0.6 is 11.8 Å². The summed E-state index contributed by atoms with van der Waals surface area (Å²) in [6, 6.07) is 9.12. The van der Waals surface area contributed by atoms with Gasteiger partial charge < -0.3 is 9.84 Å². The first-order valence-electron chi connectivity index (χ1n) is 8.53. The van der Waals surface area contributed by atoms with Crippen LogP contribution in [0.5, 0.6) is 0 Å². The molecule has 0 aliphatic carbocycles. The highest BCUT2D eigenvalue weighted by Crippen LogP contribution is 2.47. The second-order valence-corrected chi connectivity index (χ2v) is 8.46. The van der Waals surface area contributed by atoms with Crippen LogP contribution in [0.1, 0.15) is 39.7 Å². The summed E-state index contributed by atoms with van der Waals surface area (Å²) in [6.07, 6.45) is 0.163. The monoisotopic (exact) mass is 365 g/mol. The Kier molecular flexibility index (Phi) is 6.03. The van der Waals surface area contributed by atoms with E-state index >= 15 is 0 Å². The quantitative estimate of drug-likeness (QED) is 0.854. The van der Waals surface area contributed by atoms with Crippen molar-refractivity contribution in [2.24, 2.45) is 5.41 Å². The number of rotatable bonds is 5. The van der Waals surface area contributed by atoms with Crippen LogP contribution < -0.4 is 0 Å². The number of carboxylic acids is 1. The minimum Gasteiger partial charge on any atom is -0.479 e. The average molecular weight is 365 g/mol. The Morgan fingerprint density at radius 2 is 1.92 bits per heavy atom. The molecule has 1 N–H and O–H groups in total. The molecule has 6 heteroatoms. The molecule has 2 rings (SSSR count). The maximum atomic E-state index is 12.9. The SMILES string of the molecule is CC(C)N(C(=O)OCc1ccccc1)C1(C(=O)O)CSCCC1(C)C. The Labute approximate surface area is 153 Å². The normalized spacial score (nSPS) is 22.4. The molecular weight excluding hydrogens is 338 g/mol. The Hall–Kier alpha value is -1.69. The Bertz CT molecular complexity index is 617. The lowest BCUT2D eigenvalue weighted by Crippen LogP contribution is -2.69. The van der Waals surface area contributed by atoms with E-state index in [1.807, 2.05) is 58.0 Å². The Morgan fingerprint density at radius 3 is 2.44 bits per heavy atom. The van der Waals surface area contributed by atoms with Gasteiger partial charge in [-0.1, -0.05) is 44.2 Å². The molecule has 25 heavy (non-hydrogen) atoms. The molecule has 0 spiro atoms. The number of hydrogen-bond donors (Lipinski definition) is 1. The number of hydrogen-bond acceptors (Lipinski definition) is 4. The van der Waals surface area contributed by atoms with Gasteiger partial charge in [0.05, 0.1) is 0 Å². The molecule has 1 amide bonds. The third-order valence-corrected chi connectivity index (χ3v) is 6.10. The first-order chi connectivity index (χ1) is 11.7. The van der Waals surface area contributed by atoms with Gasteiger partial charge in [0.2, 0.25) is 0 Å². The summed E-state index contributed by atoms with van der Waals surface area (Å²) in [5.41, 5.74) is -0.945. The lowest BCUT2D eigenvalue weighted by molar-refractivity contribution is -0.159. The fourth-order valence-corrected chi connectivity index (χ4v) is 5.14. The van der Waals surface area contributed by atoms with Gasteiger partial charge in [-0.25, -0.2) is 9.59 Å². The van der Waals surface area contributed by atoms with Gasteiger partial charge in [0.25, 0.3) is 0 Å². The summed E-state index contributed by atoms with van der Waals surface area (Å²) in [5.74, 6) is 0.302. The van der Waals surface area contributed by atoms with E-state index in [0.717, 1.165) is 17.7 Å². The predicted octanol–water partition coefficient (Wildman–Crippen LogP) is 4.02. The second-order valence-electron chi connectivity index (χ2n) is 7.36. The van der Waals surface area contributed by atoms with E-state index in [9.17, 15) is 14.7 Å². The summed E-state index contributed by atoms with van der Waals surface area (Å²) in [4.78, 5) is 26.7. The summed E-state index contributed by atoms with van der Waals surface area (Å²) < 4.78 is 5.49. The maximum absolute atomic E-state index is 12.9. The number of nitrogens with zero attached hydrogens (tertiary/aromatic N) is 1.